The van der Waals surface area contributed by atoms with Gasteiger partial charge in [0.1, 0.15) is 0 Å². The van der Waals surface area contributed by atoms with Gasteiger partial charge in [-0.2, -0.15) is 0 Å². The van der Waals surface area contributed by atoms with E-state index < -0.39 is 11.8 Å². The summed E-state index contributed by atoms with van der Waals surface area (Å²) in [5, 5.41) is 2.76. The lowest BCUT2D eigenvalue weighted by molar-refractivity contribution is -0.147. The maximum absolute atomic E-state index is 12.5. The minimum absolute atomic E-state index is 0.128. The third-order valence-electron chi connectivity index (χ3n) is 5.47. The number of rotatable bonds is 2. The minimum Gasteiger partial charge on any atom is -0.372 e. The molecule has 1 aromatic rings. The number of carbonyl (C=O) groups excluding carboxylic acids is 2. The number of piperidine rings is 2. The Morgan fingerprint density at radius 1 is 0.920 bits per heavy atom. The molecule has 2 saturated heterocycles. The lowest BCUT2D eigenvalue weighted by atomic mass is 9.97. The monoisotopic (exact) mass is 343 g/mol. The van der Waals surface area contributed by atoms with Gasteiger partial charge in [0.05, 0.1) is 0 Å². The molecule has 2 fully saturated rings. The Balaban J connectivity index is 1.61. The molecule has 1 aromatic carbocycles. The Hall–Kier alpha value is -2.04. The molecule has 1 N–H and O–H groups in total. The van der Waals surface area contributed by atoms with Crippen LogP contribution in [0.4, 0.5) is 11.4 Å². The third-order valence-corrected chi connectivity index (χ3v) is 5.47. The van der Waals surface area contributed by atoms with Gasteiger partial charge in [0.25, 0.3) is 0 Å². The zero-order valence-corrected chi connectivity index (χ0v) is 15.3. The molecule has 2 amide bonds. The first-order chi connectivity index (χ1) is 12.1. The zero-order chi connectivity index (χ0) is 17.8. The van der Waals surface area contributed by atoms with Crippen molar-refractivity contribution < 1.29 is 9.59 Å². The average molecular weight is 343 g/mol. The van der Waals surface area contributed by atoms with Gasteiger partial charge in [0.15, 0.2) is 0 Å². The Labute approximate surface area is 150 Å². The van der Waals surface area contributed by atoms with Crippen LogP contribution in [0.25, 0.3) is 0 Å². The molecule has 0 bridgehead atoms. The number of anilines is 2. The number of hydrogen-bond acceptors (Lipinski definition) is 3. The Kier molecular flexibility index (Phi) is 5.61. The van der Waals surface area contributed by atoms with E-state index in [4.69, 9.17) is 0 Å². The topological polar surface area (TPSA) is 52.7 Å². The molecule has 2 atom stereocenters. The van der Waals surface area contributed by atoms with Gasteiger partial charge in [0.2, 0.25) is 0 Å². The normalized spacial score (nSPS) is 24.1. The van der Waals surface area contributed by atoms with Crippen molar-refractivity contribution in [2.75, 3.05) is 23.3 Å². The third kappa shape index (κ3) is 4.14. The van der Waals surface area contributed by atoms with Crippen molar-refractivity contribution in [3.63, 3.8) is 0 Å². The lowest BCUT2D eigenvalue weighted by Gasteiger charge is -2.38. The average Bonchev–Trinajstić information content (AvgIpc) is 2.63. The van der Waals surface area contributed by atoms with E-state index in [2.05, 4.69) is 10.2 Å². The summed E-state index contributed by atoms with van der Waals surface area (Å²) < 4.78 is 0. The van der Waals surface area contributed by atoms with Gasteiger partial charge < -0.3 is 15.1 Å². The van der Waals surface area contributed by atoms with Gasteiger partial charge in [-0.05, 0) is 76.6 Å². The Morgan fingerprint density at radius 2 is 1.52 bits per heavy atom. The SMILES string of the molecule is CC1CCCC(C)N1C(=O)C(=O)Nc1ccc(N2CCCCC2)cc1. The summed E-state index contributed by atoms with van der Waals surface area (Å²) in [6, 6.07) is 8.08. The molecule has 0 spiro atoms. The highest BCUT2D eigenvalue weighted by Gasteiger charge is 2.32. The molecular weight excluding hydrogens is 314 g/mol. The summed E-state index contributed by atoms with van der Waals surface area (Å²) in [5.41, 5.74) is 1.86. The van der Waals surface area contributed by atoms with E-state index in [1.165, 1.54) is 24.9 Å². The molecule has 5 nitrogen and oxygen atoms in total. The zero-order valence-electron chi connectivity index (χ0n) is 15.3. The van der Waals surface area contributed by atoms with E-state index in [1.807, 2.05) is 38.1 Å². The largest absolute Gasteiger partial charge is 0.372 e. The summed E-state index contributed by atoms with van der Waals surface area (Å²) in [7, 11) is 0. The lowest BCUT2D eigenvalue weighted by Crippen LogP contribution is -2.51. The van der Waals surface area contributed by atoms with Crippen LogP contribution in [-0.4, -0.2) is 41.9 Å². The quantitative estimate of drug-likeness (QED) is 0.837. The van der Waals surface area contributed by atoms with Gasteiger partial charge >= 0.3 is 11.8 Å². The molecule has 2 heterocycles. The van der Waals surface area contributed by atoms with Crippen LogP contribution in [0.5, 0.6) is 0 Å². The summed E-state index contributed by atoms with van der Waals surface area (Å²) in [5.74, 6) is -0.953. The second kappa shape index (κ2) is 7.89. The van der Waals surface area contributed by atoms with Crippen LogP contribution in [-0.2, 0) is 9.59 Å². The molecule has 3 rings (SSSR count). The summed E-state index contributed by atoms with van der Waals surface area (Å²) >= 11 is 0. The van der Waals surface area contributed by atoms with Gasteiger partial charge in [0, 0.05) is 36.5 Å². The molecule has 2 aliphatic rings. The van der Waals surface area contributed by atoms with Crippen molar-refractivity contribution in [1.82, 2.24) is 4.90 Å². The fourth-order valence-corrected chi connectivity index (χ4v) is 4.03. The first kappa shape index (κ1) is 17.8. The van der Waals surface area contributed by atoms with Crippen LogP contribution < -0.4 is 10.2 Å². The van der Waals surface area contributed by atoms with Crippen molar-refractivity contribution >= 4 is 23.2 Å². The maximum Gasteiger partial charge on any atom is 0.313 e. The number of nitrogens with zero attached hydrogens (tertiary/aromatic N) is 2. The smallest absolute Gasteiger partial charge is 0.313 e. The van der Waals surface area contributed by atoms with Crippen LogP contribution in [0.15, 0.2) is 24.3 Å². The fraction of sp³-hybridized carbons (Fsp3) is 0.600. The first-order valence-corrected chi connectivity index (χ1v) is 9.55. The van der Waals surface area contributed by atoms with Crippen LogP contribution in [0, 0.1) is 0 Å². The molecule has 2 unspecified atom stereocenters. The van der Waals surface area contributed by atoms with E-state index in [9.17, 15) is 9.59 Å². The van der Waals surface area contributed by atoms with Crippen LogP contribution in [0.1, 0.15) is 52.4 Å². The molecule has 0 saturated carbocycles. The first-order valence-electron chi connectivity index (χ1n) is 9.55. The van der Waals surface area contributed by atoms with Crippen molar-refractivity contribution in [2.45, 2.75) is 64.5 Å². The number of likely N-dealkylation sites (tertiary alicyclic amines) is 1. The van der Waals surface area contributed by atoms with Crippen molar-refractivity contribution in [1.29, 1.82) is 0 Å². The van der Waals surface area contributed by atoms with Crippen LogP contribution >= 0.6 is 0 Å². The van der Waals surface area contributed by atoms with Crippen molar-refractivity contribution in [3.05, 3.63) is 24.3 Å². The number of benzene rings is 1. The van der Waals surface area contributed by atoms with E-state index in [-0.39, 0.29) is 12.1 Å². The second-order valence-corrected chi connectivity index (χ2v) is 7.39. The summed E-state index contributed by atoms with van der Waals surface area (Å²) in [6.07, 6.45) is 6.83. The molecule has 5 heteroatoms. The van der Waals surface area contributed by atoms with Gasteiger partial charge in [-0.25, -0.2) is 0 Å². The summed E-state index contributed by atoms with van der Waals surface area (Å²) in [6.45, 7) is 6.23. The van der Waals surface area contributed by atoms with Gasteiger partial charge in [-0.15, -0.1) is 0 Å². The number of carbonyl (C=O) groups is 2. The van der Waals surface area contributed by atoms with Crippen LogP contribution in [0.3, 0.4) is 0 Å². The number of hydrogen-bond donors (Lipinski definition) is 1. The van der Waals surface area contributed by atoms with Crippen LogP contribution in [0.2, 0.25) is 0 Å². The van der Waals surface area contributed by atoms with Crippen molar-refractivity contribution in [2.24, 2.45) is 0 Å². The maximum atomic E-state index is 12.5. The molecule has 136 valence electrons. The highest BCUT2D eigenvalue weighted by Crippen LogP contribution is 2.24. The minimum atomic E-state index is -0.536. The standard InChI is InChI=1S/C20H29N3O2/c1-15-7-6-8-16(2)23(15)20(25)19(24)21-17-9-11-18(12-10-17)22-13-4-3-5-14-22/h9-12,15-16H,3-8,13-14H2,1-2H3,(H,21,24). The Morgan fingerprint density at radius 3 is 2.12 bits per heavy atom. The molecule has 0 radical (unpaired) electrons. The molecule has 2 aliphatic heterocycles. The van der Waals surface area contributed by atoms with Gasteiger partial charge in [-0.3, -0.25) is 9.59 Å². The molecule has 25 heavy (non-hydrogen) atoms. The predicted molar refractivity (Wildman–Crippen MR) is 101 cm³/mol. The highest BCUT2D eigenvalue weighted by molar-refractivity contribution is 6.39. The number of nitrogens with one attached hydrogen (secondary N) is 1. The van der Waals surface area contributed by atoms with E-state index in [0.29, 0.717) is 5.69 Å². The Bertz CT molecular complexity index is 598. The van der Waals surface area contributed by atoms with E-state index in [0.717, 1.165) is 32.4 Å². The van der Waals surface area contributed by atoms with Gasteiger partial charge in [-0.1, -0.05) is 0 Å². The molecule has 0 aliphatic carbocycles. The highest BCUT2D eigenvalue weighted by atomic mass is 16.2. The summed E-state index contributed by atoms with van der Waals surface area (Å²) in [4.78, 5) is 29.0. The number of amides is 2. The molecular formula is C20H29N3O2. The van der Waals surface area contributed by atoms with E-state index in [1.54, 1.807) is 4.90 Å². The molecule has 0 aromatic heterocycles. The van der Waals surface area contributed by atoms with E-state index >= 15 is 0 Å². The van der Waals surface area contributed by atoms with Crippen molar-refractivity contribution in [3.8, 4) is 0 Å². The predicted octanol–water partition coefficient (Wildman–Crippen LogP) is 3.40. The fourth-order valence-electron chi connectivity index (χ4n) is 4.03. The second-order valence-electron chi connectivity index (χ2n) is 7.39.